The van der Waals surface area contributed by atoms with Crippen LogP contribution in [-0.2, 0) is 16.1 Å². The third-order valence-corrected chi connectivity index (χ3v) is 4.72. The van der Waals surface area contributed by atoms with E-state index in [1.165, 1.54) is 18.9 Å². The summed E-state index contributed by atoms with van der Waals surface area (Å²) in [5, 5.41) is 10.6. The van der Waals surface area contributed by atoms with E-state index < -0.39 is 5.97 Å². The van der Waals surface area contributed by atoms with Crippen LogP contribution in [0.4, 0.5) is 5.69 Å². The van der Waals surface area contributed by atoms with Gasteiger partial charge in [-0.25, -0.2) is 9.78 Å². The second-order valence-electron chi connectivity index (χ2n) is 5.71. The Kier molecular flexibility index (Phi) is 7.09. The molecule has 0 fully saturated rings. The quantitative estimate of drug-likeness (QED) is 0.414. The zero-order valence-electron chi connectivity index (χ0n) is 15.3. The van der Waals surface area contributed by atoms with Gasteiger partial charge in [0.1, 0.15) is 12.4 Å². The van der Waals surface area contributed by atoms with Crippen LogP contribution in [0.25, 0.3) is 0 Å². The minimum absolute atomic E-state index is 0.133. The molecular weight excluding hydrogens is 416 g/mol. The number of methoxy groups -OCH3 is 1. The highest BCUT2D eigenvalue weighted by atomic mass is 35.5. The molecule has 29 heavy (non-hydrogen) atoms. The predicted octanol–water partition coefficient (Wildman–Crippen LogP) is 3.55. The lowest BCUT2D eigenvalue weighted by Gasteiger charge is -2.05. The fourth-order valence-electron chi connectivity index (χ4n) is 2.22. The highest BCUT2D eigenvalue weighted by molar-refractivity contribution is 7.99. The molecule has 0 saturated carbocycles. The molecule has 3 aromatic rings. The van der Waals surface area contributed by atoms with Crippen LogP contribution in [0.5, 0.6) is 5.75 Å². The van der Waals surface area contributed by atoms with E-state index in [4.69, 9.17) is 16.3 Å². The average Bonchev–Trinajstić information content (AvgIpc) is 3.20. The largest absolute Gasteiger partial charge is 0.486 e. The summed E-state index contributed by atoms with van der Waals surface area (Å²) in [5.41, 5.74) is 0.990. The van der Waals surface area contributed by atoms with Gasteiger partial charge in [0.15, 0.2) is 5.82 Å². The van der Waals surface area contributed by atoms with Gasteiger partial charge in [0.05, 0.1) is 18.4 Å². The molecule has 0 aliphatic heterocycles. The topological polar surface area (TPSA) is 106 Å². The van der Waals surface area contributed by atoms with E-state index in [1.54, 1.807) is 48.5 Å². The third kappa shape index (κ3) is 6.23. The SMILES string of the molecule is COC(=O)c1ccc(NC(=O)CSc2n[nH]c(COc3ccc(Cl)cc3)n2)cc1. The van der Waals surface area contributed by atoms with Gasteiger partial charge in [0, 0.05) is 10.7 Å². The first-order valence-electron chi connectivity index (χ1n) is 8.44. The van der Waals surface area contributed by atoms with Gasteiger partial charge < -0.3 is 14.8 Å². The second-order valence-corrected chi connectivity index (χ2v) is 7.09. The number of carbonyl (C=O) groups excluding carboxylic acids is 2. The Labute approximate surface area is 176 Å². The van der Waals surface area contributed by atoms with Crippen molar-refractivity contribution in [1.29, 1.82) is 0 Å². The lowest BCUT2D eigenvalue weighted by atomic mass is 10.2. The predicted molar refractivity (Wildman–Crippen MR) is 109 cm³/mol. The molecular formula is C19H17ClN4O4S. The number of thioether (sulfide) groups is 1. The van der Waals surface area contributed by atoms with Crippen LogP contribution in [0, 0.1) is 0 Å². The van der Waals surface area contributed by atoms with Crippen LogP contribution in [0.1, 0.15) is 16.2 Å². The molecule has 2 aromatic carbocycles. The first-order chi connectivity index (χ1) is 14.0. The Hall–Kier alpha value is -3.04. The fourth-order valence-corrected chi connectivity index (χ4v) is 2.97. The molecule has 1 heterocycles. The van der Waals surface area contributed by atoms with Crippen molar-refractivity contribution in [3.8, 4) is 5.75 Å². The number of rotatable bonds is 8. The molecule has 2 N–H and O–H groups in total. The number of hydrogen-bond donors (Lipinski definition) is 2. The Balaban J connectivity index is 1.44. The van der Waals surface area contributed by atoms with Gasteiger partial charge in [0.25, 0.3) is 0 Å². The Morgan fingerprint density at radius 3 is 2.55 bits per heavy atom. The number of carbonyl (C=O) groups is 2. The number of ether oxygens (including phenoxy) is 2. The van der Waals surface area contributed by atoms with Crippen molar-refractivity contribution in [2.75, 3.05) is 18.2 Å². The number of aromatic nitrogens is 3. The summed E-state index contributed by atoms with van der Waals surface area (Å²) in [4.78, 5) is 27.8. The maximum Gasteiger partial charge on any atom is 0.337 e. The molecule has 8 nitrogen and oxygen atoms in total. The zero-order chi connectivity index (χ0) is 20.6. The molecule has 150 valence electrons. The van der Waals surface area contributed by atoms with Gasteiger partial charge in [-0.05, 0) is 48.5 Å². The molecule has 1 amide bonds. The average molecular weight is 433 g/mol. The molecule has 10 heteroatoms. The molecule has 0 atom stereocenters. The number of nitrogens with zero attached hydrogens (tertiary/aromatic N) is 2. The minimum Gasteiger partial charge on any atom is -0.486 e. The summed E-state index contributed by atoms with van der Waals surface area (Å²) in [6.45, 7) is 0.216. The number of benzene rings is 2. The first kappa shape index (κ1) is 20.7. The van der Waals surface area contributed by atoms with Crippen molar-refractivity contribution in [3.05, 3.63) is 64.9 Å². The summed E-state index contributed by atoms with van der Waals surface area (Å²) in [6.07, 6.45) is 0. The van der Waals surface area contributed by atoms with E-state index in [2.05, 4.69) is 25.2 Å². The zero-order valence-corrected chi connectivity index (χ0v) is 16.9. The number of anilines is 1. The van der Waals surface area contributed by atoms with E-state index in [0.29, 0.717) is 33.0 Å². The van der Waals surface area contributed by atoms with Crippen LogP contribution in [-0.4, -0.2) is 39.9 Å². The molecule has 3 rings (SSSR count). The summed E-state index contributed by atoms with van der Waals surface area (Å²) in [5.74, 6) is 0.691. The van der Waals surface area contributed by atoms with Gasteiger partial charge >= 0.3 is 5.97 Å². The van der Waals surface area contributed by atoms with Crippen LogP contribution >= 0.6 is 23.4 Å². The normalized spacial score (nSPS) is 10.4. The molecule has 1 aromatic heterocycles. The van der Waals surface area contributed by atoms with Gasteiger partial charge in [0.2, 0.25) is 11.1 Å². The van der Waals surface area contributed by atoms with Gasteiger partial charge in [-0.3, -0.25) is 9.89 Å². The highest BCUT2D eigenvalue weighted by Crippen LogP contribution is 2.18. The number of hydrogen-bond acceptors (Lipinski definition) is 7. The van der Waals surface area contributed by atoms with E-state index in [1.807, 2.05) is 0 Å². The number of aromatic amines is 1. The molecule has 0 unspecified atom stereocenters. The first-order valence-corrected chi connectivity index (χ1v) is 9.80. The molecule has 0 aliphatic rings. The Morgan fingerprint density at radius 2 is 1.86 bits per heavy atom. The molecule has 0 aliphatic carbocycles. The van der Waals surface area contributed by atoms with E-state index >= 15 is 0 Å². The van der Waals surface area contributed by atoms with Crippen molar-refractivity contribution >= 4 is 40.9 Å². The monoisotopic (exact) mass is 432 g/mol. The molecule has 0 bridgehead atoms. The van der Waals surface area contributed by atoms with Gasteiger partial charge in [-0.1, -0.05) is 23.4 Å². The van der Waals surface area contributed by atoms with Crippen LogP contribution < -0.4 is 10.1 Å². The lowest BCUT2D eigenvalue weighted by Crippen LogP contribution is -2.14. The summed E-state index contributed by atoms with van der Waals surface area (Å²) < 4.78 is 10.2. The lowest BCUT2D eigenvalue weighted by molar-refractivity contribution is -0.113. The number of nitrogens with one attached hydrogen (secondary N) is 2. The van der Waals surface area contributed by atoms with Crippen molar-refractivity contribution in [1.82, 2.24) is 15.2 Å². The standard InChI is InChI=1S/C19H17ClN4O4S/c1-27-18(26)12-2-6-14(7-3-12)21-17(25)11-29-19-22-16(23-24-19)10-28-15-8-4-13(20)5-9-15/h2-9H,10-11H2,1H3,(H,21,25)(H,22,23,24). The van der Waals surface area contributed by atoms with Crippen molar-refractivity contribution in [3.63, 3.8) is 0 Å². The summed E-state index contributed by atoms with van der Waals surface area (Å²) in [6, 6.07) is 13.4. The van der Waals surface area contributed by atoms with E-state index in [-0.39, 0.29) is 18.3 Å². The minimum atomic E-state index is -0.432. The van der Waals surface area contributed by atoms with Gasteiger partial charge in [-0.15, -0.1) is 5.10 Å². The van der Waals surface area contributed by atoms with Crippen LogP contribution in [0.2, 0.25) is 5.02 Å². The van der Waals surface area contributed by atoms with Crippen LogP contribution in [0.15, 0.2) is 53.7 Å². The van der Waals surface area contributed by atoms with Crippen LogP contribution in [0.3, 0.4) is 0 Å². The van der Waals surface area contributed by atoms with Crippen molar-refractivity contribution in [2.24, 2.45) is 0 Å². The maximum atomic E-state index is 12.1. The van der Waals surface area contributed by atoms with Crippen molar-refractivity contribution in [2.45, 2.75) is 11.8 Å². The molecule has 0 saturated heterocycles. The van der Waals surface area contributed by atoms with E-state index in [0.717, 1.165) is 0 Å². The third-order valence-electron chi connectivity index (χ3n) is 3.62. The van der Waals surface area contributed by atoms with E-state index in [9.17, 15) is 9.59 Å². The number of esters is 1. The number of amides is 1. The second kappa shape index (κ2) is 9.94. The smallest absolute Gasteiger partial charge is 0.337 e. The van der Waals surface area contributed by atoms with Crippen molar-refractivity contribution < 1.29 is 19.1 Å². The highest BCUT2D eigenvalue weighted by Gasteiger charge is 2.10. The number of H-pyrrole nitrogens is 1. The Bertz CT molecular complexity index is 977. The Morgan fingerprint density at radius 1 is 1.14 bits per heavy atom. The maximum absolute atomic E-state index is 12.1. The summed E-state index contributed by atoms with van der Waals surface area (Å²) >= 11 is 7.02. The molecule has 0 spiro atoms. The number of halogens is 1. The summed E-state index contributed by atoms with van der Waals surface area (Å²) in [7, 11) is 1.31. The van der Waals surface area contributed by atoms with Gasteiger partial charge in [-0.2, -0.15) is 0 Å². The fraction of sp³-hybridized carbons (Fsp3) is 0.158. The molecule has 0 radical (unpaired) electrons.